The second-order valence-corrected chi connectivity index (χ2v) is 6.65. The number of likely N-dealkylation sites (tertiary alicyclic amines) is 1. The molecule has 0 bridgehead atoms. The third-order valence-corrected chi connectivity index (χ3v) is 5.06. The van der Waals surface area contributed by atoms with E-state index in [2.05, 4.69) is 0 Å². The molecule has 1 heterocycles. The highest BCUT2D eigenvalue weighted by Gasteiger charge is 2.50. The van der Waals surface area contributed by atoms with Gasteiger partial charge in [0.2, 0.25) is 0 Å². The van der Waals surface area contributed by atoms with Gasteiger partial charge in [0.15, 0.2) is 0 Å². The molecular weight excluding hydrogens is 353 g/mol. The van der Waals surface area contributed by atoms with Gasteiger partial charge in [-0.05, 0) is 31.9 Å². The summed E-state index contributed by atoms with van der Waals surface area (Å²) >= 11 is 6.08. The number of halogens is 2. The van der Waals surface area contributed by atoms with Crippen LogP contribution in [0.3, 0.4) is 0 Å². The number of carboxylic acids is 2. The number of benzene rings is 1. The Morgan fingerprint density at radius 1 is 1.36 bits per heavy atom. The van der Waals surface area contributed by atoms with Gasteiger partial charge in [0.1, 0.15) is 17.0 Å². The highest BCUT2D eigenvalue weighted by molar-refractivity contribution is 6.31. The molecule has 6 nitrogen and oxygen atoms in total. The van der Waals surface area contributed by atoms with Gasteiger partial charge in [0.25, 0.3) is 0 Å². The van der Waals surface area contributed by atoms with Crippen LogP contribution in [0, 0.1) is 5.82 Å². The third kappa shape index (κ3) is 3.82. The van der Waals surface area contributed by atoms with E-state index in [1.807, 2.05) is 0 Å². The average molecular weight is 372 g/mol. The Bertz CT molecular complexity index is 690. The monoisotopic (exact) mass is 371 g/mol. The fraction of sp³-hybridized carbons (Fsp3) is 0.471. The summed E-state index contributed by atoms with van der Waals surface area (Å²) in [6.45, 7) is 1.61. The fourth-order valence-electron chi connectivity index (χ4n) is 3.44. The first-order valence-corrected chi connectivity index (χ1v) is 8.21. The predicted octanol–water partition coefficient (Wildman–Crippen LogP) is 2.33. The lowest BCUT2D eigenvalue weighted by molar-refractivity contribution is -0.149. The Labute approximate surface area is 149 Å². The summed E-state index contributed by atoms with van der Waals surface area (Å²) in [5.41, 5.74) is -1.74. The van der Waals surface area contributed by atoms with Gasteiger partial charge in [-0.1, -0.05) is 17.7 Å². The Balaban J connectivity index is 2.43. The van der Waals surface area contributed by atoms with Crippen LogP contribution in [0.5, 0.6) is 0 Å². The summed E-state index contributed by atoms with van der Waals surface area (Å²) in [7, 11) is 0. The molecule has 0 spiro atoms. The Kier molecular flexibility index (Phi) is 5.80. The normalized spacial score (nSPS) is 24.0. The summed E-state index contributed by atoms with van der Waals surface area (Å²) < 4.78 is 14.4. The van der Waals surface area contributed by atoms with Gasteiger partial charge in [-0.2, -0.15) is 0 Å². The number of hydrogen-bond acceptors (Lipinski definition) is 4. The zero-order valence-corrected chi connectivity index (χ0v) is 14.4. The van der Waals surface area contributed by atoms with Crippen LogP contribution in [-0.4, -0.2) is 52.0 Å². The summed E-state index contributed by atoms with van der Waals surface area (Å²) in [5.74, 6) is -3.27. The number of nitrogens with zero attached hydrogens (tertiary/aromatic N) is 1. The summed E-state index contributed by atoms with van der Waals surface area (Å²) in [4.78, 5) is 36.6. The van der Waals surface area contributed by atoms with Crippen molar-refractivity contribution < 1.29 is 29.0 Å². The maximum absolute atomic E-state index is 14.4. The largest absolute Gasteiger partial charge is 0.481 e. The molecular formula is C17H19ClFNO5. The minimum Gasteiger partial charge on any atom is -0.481 e. The van der Waals surface area contributed by atoms with Crippen molar-refractivity contribution in [2.24, 2.45) is 0 Å². The van der Waals surface area contributed by atoms with Gasteiger partial charge in [-0.3, -0.25) is 19.3 Å². The lowest BCUT2D eigenvalue weighted by Gasteiger charge is -2.44. The van der Waals surface area contributed by atoms with E-state index in [0.717, 1.165) is 6.07 Å². The molecule has 0 amide bonds. The SMILES string of the molecule is CC(=O)C1CC(C(=O)O)(c2c(F)cccc2Cl)CCN1CCC(=O)O. The van der Waals surface area contributed by atoms with Crippen molar-refractivity contribution in [1.29, 1.82) is 0 Å². The van der Waals surface area contributed by atoms with Gasteiger partial charge < -0.3 is 10.2 Å². The van der Waals surface area contributed by atoms with Crippen LogP contribution in [0.15, 0.2) is 18.2 Å². The first-order chi connectivity index (χ1) is 11.7. The molecule has 2 atom stereocenters. The summed E-state index contributed by atoms with van der Waals surface area (Å²) in [6.07, 6.45) is -0.283. The molecule has 2 N–H and O–H groups in total. The van der Waals surface area contributed by atoms with Crippen molar-refractivity contribution in [3.05, 3.63) is 34.6 Å². The van der Waals surface area contributed by atoms with E-state index >= 15 is 0 Å². The minimum atomic E-state index is -1.63. The molecule has 2 rings (SSSR count). The van der Waals surface area contributed by atoms with Crippen molar-refractivity contribution in [2.75, 3.05) is 13.1 Å². The van der Waals surface area contributed by atoms with Crippen LogP contribution >= 0.6 is 11.6 Å². The second-order valence-electron chi connectivity index (χ2n) is 6.24. The van der Waals surface area contributed by atoms with Gasteiger partial charge in [-0.25, -0.2) is 4.39 Å². The smallest absolute Gasteiger partial charge is 0.314 e. The number of hydrogen-bond donors (Lipinski definition) is 2. The molecule has 1 aliphatic rings. The molecule has 25 heavy (non-hydrogen) atoms. The van der Waals surface area contributed by atoms with E-state index in [4.69, 9.17) is 16.7 Å². The Morgan fingerprint density at radius 3 is 2.56 bits per heavy atom. The van der Waals surface area contributed by atoms with Crippen LogP contribution in [0.2, 0.25) is 5.02 Å². The molecule has 0 radical (unpaired) electrons. The van der Waals surface area contributed by atoms with Crippen LogP contribution in [0.4, 0.5) is 4.39 Å². The van der Waals surface area contributed by atoms with Crippen molar-refractivity contribution in [3.63, 3.8) is 0 Å². The predicted molar refractivity (Wildman–Crippen MR) is 88.3 cm³/mol. The van der Waals surface area contributed by atoms with Crippen LogP contribution in [0.1, 0.15) is 31.7 Å². The zero-order chi connectivity index (χ0) is 18.8. The fourth-order valence-corrected chi connectivity index (χ4v) is 3.79. The molecule has 1 fully saturated rings. The molecule has 8 heteroatoms. The molecule has 1 aliphatic heterocycles. The molecule has 2 unspecified atom stereocenters. The van der Waals surface area contributed by atoms with Crippen LogP contribution in [-0.2, 0) is 19.8 Å². The highest BCUT2D eigenvalue weighted by atomic mass is 35.5. The van der Waals surface area contributed by atoms with E-state index in [1.165, 1.54) is 19.1 Å². The topological polar surface area (TPSA) is 94.9 Å². The quantitative estimate of drug-likeness (QED) is 0.797. The number of carboxylic acid groups (broad SMARTS) is 2. The van der Waals surface area contributed by atoms with E-state index in [-0.39, 0.29) is 48.7 Å². The van der Waals surface area contributed by atoms with Crippen molar-refractivity contribution in [1.82, 2.24) is 4.90 Å². The maximum atomic E-state index is 14.4. The van der Waals surface area contributed by atoms with Crippen molar-refractivity contribution in [3.8, 4) is 0 Å². The van der Waals surface area contributed by atoms with Crippen molar-refractivity contribution >= 4 is 29.3 Å². The number of carbonyl (C=O) groups is 3. The molecule has 1 aromatic rings. The zero-order valence-electron chi connectivity index (χ0n) is 13.7. The number of rotatable bonds is 6. The Hall–Kier alpha value is -1.99. The average Bonchev–Trinajstić information content (AvgIpc) is 2.52. The summed E-state index contributed by atoms with van der Waals surface area (Å²) in [6, 6.07) is 3.15. The number of piperidine rings is 1. The van der Waals surface area contributed by atoms with Gasteiger partial charge in [-0.15, -0.1) is 0 Å². The lowest BCUT2D eigenvalue weighted by Crippen LogP contribution is -2.55. The standard InChI is InChI=1S/C17H19ClFNO5/c1-10(21)13-9-17(16(24)25,6-8-20(13)7-5-14(22)23)15-11(18)3-2-4-12(15)19/h2-4,13H,5-9H2,1H3,(H,22,23)(H,24,25). The number of aliphatic carboxylic acids is 2. The van der Waals surface area contributed by atoms with E-state index in [9.17, 15) is 23.9 Å². The first kappa shape index (κ1) is 19.3. The number of Topliss-reactive ketones (excluding diaryl/α,β-unsaturated/α-hetero) is 1. The van der Waals surface area contributed by atoms with Gasteiger partial charge in [0, 0.05) is 23.7 Å². The first-order valence-electron chi connectivity index (χ1n) is 7.83. The maximum Gasteiger partial charge on any atom is 0.314 e. The van der Waals surface area contributed by atoms with E-state index < -0.39 is 29.2 Å². The number of ketones is 1. The van der Waals surface area contributed by atoms with Gasteiger partial charge >= 0.3 is 11.9 Å². The highest BCUT2D eigenvalue weighted by Crippen LogP contribution is 2.43. The van der Waals surface area contributed by atoms with Crippen molar-refractivity contribution in [2.45, 2.75) is 37.6 Å². The third-order valence-electron chi connectivity index (χ3n) is 4.74. The summed E-state index contributed by atoms with van der Waals surface area (Å²) in [5, 5.41) is 18.7. The van der Waals surface area contributed by atoms with Gasteiger partial charge in [0.05, 0.1) is 12.5 Å². The van der Waals surface area contributed by atoms with E-state index in [1.54, 1.807) is 4.90 Å². The van der Waals surface area contributed by atoms with E-state index in [0.29, 0.717) is 0 Å². The van der Waals surface area contributed by atoms with Crippen LogP contribution < -0.4 is 0 Å². The molecule has 1 aromatic carbocycles. The molecule has 0 aliphatic carbocycles. The minimum absolute atomic E-state index is 0.00341. The molecule has 0 aromatic heterocycles. The molecule has 1 saturated heterocycles. The number of carbonyl (C=O) groups excluding carboxylic acids is 1. The Morgan fingerprint density at radius 2 is 2.04 bits per heavy atom. The molecule has 136 valence electrons. The lowest BCUT2D eigenvalue weighted by atomic mass is 9.69. The van der Waals surface area contributed by atoms with Crippen LogP contribution in [0.25, 0.3) is 0 Å². The second kappa shape index (κ2) is 7.49. The molecule has 0 saturated carbocycles.